The number of anilines is 1. The number of hydrogen-bond acceptors (Lipinski definition) is 5. The summed E-state index contributed by atoms with van der Waals surface area (Å²) in [5.41, 5.74) is 1.26. The van der Waals surface area contributed by atoms with Crippen molar-refractivity contribution in [3.05, 3.63) is 54.1 Å². The van der Waals surface area contributed by atoms with Gasteiger partial charge >= 0.3 is 6.09 Å². The number of hydrogen-bond donors (Lipinski definition) is 2. The summed E-state index contributed by atoms with van der Waals surface area (Å²) in [6.07, 6.45) is -0.589. The van der Waals surface area contributed by atoms with E-state index in [-0.39, 0.29) is 11.5 Å². The number of nitrogens with one attached hydrogen (secondary N) is 2. The molecule has 1 atom stereocenters. The van der Waals surface area contributed by atoms with Crippen molar-refractivity contribution < 1.29 is 22.7 Å². The van der Waals surface area contributed by atoms with E-state index in [1.807, 2.05) is 0 Å². The predicted octanol–water partition coefficient (Wildman–Crippen LogP) is 3.30. The van der Waals surface area contributed by atoms with Gasteiger partial charge in [0.1, 0.15) is 5.75 Å². The number of rotatable bonds is 7. The van der Waals surface area contributed by atoms with Crippen LogP contribution >= 0.6 is 0 Å². The normalized spacial score (nSPS) is 12.3. The Kier molecular flexibility index (Phi) is 6.59. The average Bonchev–Trinajstić information content (AvgIpc) is 2.62. The third-order valence-electron chi connectivity index (χ3n) is 3.63. The molecule has 8 heteroatoms. The molecule has 0 aliphatic heterocycles. The Labute approximate surface area is 153 Å². The molecule has 2 rings (SSSR count). The Morgan fingerprint density at radius 3 is 2.23 bits per heavy atom. The van der Waals surface area contributed by atoms with Gasteiger partial charge in [0.05, 0.1) is 18.6 Å². The second-order valence-corrected chi connectivity index (χ2v) is 7.20. The molecule has 2 aromatic carbocycles. The molecule has 0 bridgehead atoms. The van der Waals surface area contributed by atoms with Crippen LogP contribution in [-0.2, 0) is 14.8 Å². The summed E-state index contributed by atoms with van der Waals surface area (Å²) in [5, 5.41) is 2.51. The molecule has 0 heterocycles. The summed E-state index contributed by atoms with van der Waals surface area (Å²) >= 11 is 0. The SMILES string of the molecule is CCOC(=O)Nc1ccc(S(=O)(=O)NC(C)c2ccc(OC)cc2)cc1. The Morgan fingerprint density at radius 1 is 1.08 bits per heavy atom. The van der Waals surface area contributed by atoms with Crippen molar-refractivity contribution in [2.45, 2.75) is 24.8 Å². The van der Waals surface area contributed by atoms with E-state index in [4.69, 9.17) is 9.47 Å². The van der Waals surface area contributed by atoms with Crippen molar-refractivity contribution >= 4 is 21.8 Å². The summed E-state index contributed by atoms with van der Waals surface area (Å²) < 4.78 is 37.5. The molecule has 2 N–H and O–H groups in total. The molecule has 0 saturated heterocycles. The third-order valence-corrected chi connectivity index (χ3v) is 5.19. The van der Waals surface area contributed by atoms with Crippen LogP contribution in [0.2, 0.25) is 0 Å². The van der Waals surface area contributed by atoms with Crippen molar-refractivity contribution in [1.29, 1.82) is 0 Å². The zero-order valence-electron chi connectivity index (χ0n) is 14.9. The lowest BCUT2D eigenvalue weighted by Crippen LogP contribution is -2.26. The first kappa shape index (κ1) is 19.7. The Bertz CT molecular complexity index is 833. The molecule has 140 valence electrons. The van der Waals surface area contributed by atoms with Crippen LogP contribution in [0.25, 0.3) is 0 Å². The maximum Gasteiger partial charge on any atom is 0.411 e. The molecule has 0 saturated carbocycles. The summed E-state index contributed by atoms with van der Waals surface area (Å²) in [5.74, 6) is 0.702. The van der Waals surface area contributed by atoms with E-state index in [0.29, 0.717) is 11.4 Å². The maximum absolute atomic E-state index is 12.5. The largest absolute Gasteiger partial charge is 0.497 e. The number of benzene rings is 2. The first-order chi connectivity index (χ1) is 12.4. The van der Waals surface area contributed by atoms with E-state index < -0.39 is 22.2 Å². The van der Waals surface area contributed by atoms with Crippen LogP contribution in [0.3, 0.4) is 0 Å². The molecule has 0 fully saturated rings. The van der Waals surface area contributed by atoms with Crippen LogP contribution in [-0.4, -0.2) is 28.2 Å². The highest BCUT2D eigenvalue weighted by atomic mass is 32.2. The molecule has 2 aromatic rings. The van der Waals surface area contributed by atoms with Crippen molar-refractivity contribution in [3.8, 4) is 5.75 Å². The van der Waals surface area contributed by atoms with Crippen molar-refractivity contribution in [2.24, 2.45) is 0 Å². The minimum absolute atomic E-state index is 0.104. The molecular weight excluding hydrogens is 356 g/mol. The van der Waals surface area contributed by atoms with Gasteiger partial charge in [-0.15, -0.1) is 0 Å². The van der Waals surface area contributed by atoms with Crippen LogP contribution in [0.4, 0.5) is 10.5 Å². The monoisotopic (exact) mass is 378 g/mol. The fourth-order valence-corrected chi connectivity index (χ4v) is 3.50. The zero-order valence-corrected chi connectivity index (χ0v) is 15.7. The van der Waals surface area contributed by atoms with Gasteiger partial charge in [-0.3, -0.25) is 5.32 Å². The van der Waals surface area contributed by atoms with Crippen LogP contribution in [0.1, 0.15) is 25.5 Å². The fraction of sp³-hybridized carbons (Fsp3) is 0.278. The van der Waals surface area contributed by atoms with E-state index >= 15 is 0 Å². The Hall–Kier alpha value is -2.58. The molecule has 7 nitrogen and oxygen atoms in total. The number of methoxy groups -OCH3 is 1. The highest BCUT2D eigenvalue weighted by Gasteiger charge is 2.18. The third kappa shape index (κ3) is 5.21. The molecular formula is C18H22N2O5S. The van der Waals surface area contributed by atoms with E-state index in [9.17, 15) is 13.2 Å². The van der Waals surface area contributed by atoms with Gasteiger partial charge in [0.2, 0.25) is 10.0 Å². The van der Waals surface area contributed by atoms with Gasteiger partial charge in [-0.1, -0.05) is 12.1 Å². The van der Waals surface area contributed by atoms with E-state index in [2.05, 4.69) is 10.0 Å². The summed E-state index contributed by atoms with van der Waals surface area (Å²) in [7, 11) is -2.13. The van der Waals surface area contributed by atoms with E-state index in [0.717, 1.165) is 5.56 Å². The van der Waals surface area contributed by atoms with Gasteiger partial charge in [-0.25, -0.2) is 17.9 Å². The van der Waals surface area contributed by atoms with Crippen molar-refractivity contribution in [3.63, 3.8) is 0 Å². The summed E-state index contributed by atoms with van der Waals surface area (Å²) in [4.78, 5) is 11.5. The standard InChI is InChI=1S/C18H22N2O5S/c1-4-25-18(21)19-15-7-11-17(12-8-15)26(22,23)20-13(2)14-5-9-16(24-3)10-6-14/h5-13,20H,4H2,1-3H3,(H,19,21). The lowest BCUT2D eigenvalue weighted by molar-refractivity contribution is 0.168. The maximum atomic E-state index is 12.5. The first-order valence-electron chi connectivity index (χ1n) is 8.06. The van der Waals surface area contributed by atoms with Crippen LogP contribution < -0.4 is 14.8 Å². The van der Waals surface area contributed by atoms with Crippen LogP contribution in [0.15, 0.2) is 53.4 Å². The highest BCUT2D eigenvalue weighted by Crippen LogP contribution is 2.21. The first-order valence-corrected chi connectivity index (χ1v) is 9.54. The van der Waals surface area contributed by atoms with Crippen molar-refractivity contribution in [2.75, 3.05) is 19.0 Å². The van der Waals surface area contributed by atoms with Crippen LogP contribution in [0.5, 0.6) is 5.75 Å². The topological polar surface area (TPSA) is 93.7 Å². The molecule has 0 aromatic heterocycles. The van der Waals surface area contributed by atoms with Gasteiger partial charge < -0.3 is 9.47 Å². The number of sulfonamides is 1. The number of carbonyl (C=O) groups excluding carboxylic acids is 1. The second kappa shape index (κ2) is 8.68. The molecule has 0 spiro atoms. The van der Waals surface area contributed by atoms with Gasteiger partial charge in [0.25, 0.3) is 0 Å². The number of amides is 1. The summed E-state index contributed by atoms with van der Waals surface area (Å²) in [6, 6.07) is 12.6. The number of carbonyl (C=O) groups is 1. The lowest BCUT2D eigenvalue weighted by atomic mass is 10.1. The molecule has 1 unspecified atom stereocenters. The van der Waals surface area contributed by atoms with Gasteiger partial charge in [0.15, 0.2) is 0 Å². The van der Waals surface area contributed by atoms with Crippen molar-refractivity contribution in [1.82, 2.24) is 4.72 Å². The van der Waals surface area contributed by atoms with Gasteiger partial charge in [-0.05, 0) is 55.8 Å². The zero-order chi connectivity index (χ0) is 19.2. The average molecular weight is 378 g/mol. The van der Waals surface area contributed by atoms with Gasteiger partial charge in [0, 0.05) is 11.7 Å². The molecule has 1 amide bonds. The Morgan fingerprint density at radius 2 is 1.69 bits per heavy atom. The minimum atomic E-state index is -3.70. The molecule has 0 radical (unpaired) electrons. The fourth-order valence-electron chi connectivity index (χ4n) is 2.26. The van der Waals surface area contributed by atoms with Gasteiger partial charge in [-0.2, -0.15) is 0 Å². The van der Waals surface area contributed by atoms with E-state index in [1.165, 1.54) is 24.3 Å². The number of ether oxygens (including phenoxy) is 2. The van der Waals surface area contributed by atoms with E-state index in [1.54, 1.807) is 45.2 Å². The lowest BCUT2D eigenvalue weighted by Gasteiger charge is -2.15. The Balaban J connectivity index is 2.07. The quantitative estimate of drug-likeness (QED) is 0.771. The minimum Gasteiger partial charge on any atom is -0.497 e. The smallest absolute Gasteiger partial charge is 0.411 e. The van der Waals surface area contributed by atoms with Crippen LogP contribution in [0, 0.1) is 0 Å². The second-order valence-electron chi connectivity index (χ2n) is 5.49. The molecule has 26 heavy (non-hydrogen) atoms. The molecule has 0 aliphatic rings. The molecule has 0 aliphatic carbocycles. The summed E-state index contributed by atoms with van der Waals surface area (Å²) in [6.45, 7) is 3.71. The predicted molar refractivity (Wildman–Crippen MR) is 98.8 cm³/mol. The highest BCUT2D eigenvalue weighted by molar-refractivity contribution is 7.89.